The number of hydrogen-bond acceptors (Lipinski definition) is 1. The summed E-state index contributed by atoms with van der Waals surface area (Å²) in [6.45, 7) is 11.1. The molecule has 0 bridgehead atoms. The van der Waals surface area contributed by atoms with Crippen molar-refractivity contribution in [2.75, 3.05) is 5.33 Å². The Morgan fingerprint density at radius 2 is 1.71 bits per heavy atom. The van der Waals surface area contributed by atoms with Gasteiger partial charge in [0.05, 0.1) is 5.33 Å². The van der Waals surface area contributed by atoms with E-state index in [1.807, 2.05) is 0 Å². The van der Waals surface area contributed by atoms with Crippen molar-refractivity contribution in [1.29, 1.82) is 0 Å². The lowest BCUT2D eigenvalue weighted by Gasteiger charge is -2.33. The van der Waals surface area contributed by atoms with Crippen LogP contribution in [-0.2, 0) is 4.79 Å². The Morgan fingerprint density at radius 1 is 1.14 bits per heavy atom. The number of ketones is 1. The molecule has 1 aliphatic carbocycles. The van der Waals surface area contributed by atoms with Crippen molar-refractivity contribution in [2.24, 2.45) is 23.7 Å². The molecule has 1 nitrogen and oxygen atoms in total. The van der Waals surface area contributed by atoms with Gasteiger partial charge in [-0.3, -0.25) is 4.79 Å². The van der Waals surface area contributed by atoms with Crippen molar-refractivity contribution in [1.82, 2.24) is 0 Å². The second-order valence-corrected chi connectivity index (χ2v) is 7.80. The quantitative estimate of drug-likeness (QED) is 0.435. The fraction of sp³-hybridized carbons (Fsp3) is 0.842. The van der Waals surface area contributed by atoms with Crippen molar-refractivity contribution < 1.29 is 4.79 Å². The molecule has 122 valence electrons. The van der Waals surface area contributed by atoms with Crippen molar-refractivity contribution in [3.05, 3.63) is 12.2 Å². The largest absolute Gasteiger partial charge is 0.298 e. The lowest BCUT2D eigenvalue weighted by Crippen LogP contribution is -2.27. The van der Waals surface area contributed by atoms with E-state index in [2.05, 4.69) is 43.3 Å². The van der Waals surface area contributed by atoms with E-state index >= 15 is 0 Å². The molecule has 1 rings (SSSR count). The Labute approximate surface area is 140 Å². The maximum atomic E-state index is 12.3. The average molecular weight is 357 g/mol. The summed E-state index contributed by atoms with van der Waals surface area (Å²) in [5, 5.41) is 0.514. The molecule has 1 fully saturated rings. The van der Waals surface area contributed by atoms with Gasteiger partial charge in [0.25, 0.3) is 0 Å². The Balaban J connectivity index is 2.93. The van der Waals surface area contributed by atoms with Crippen molar-refractivity contribution >= 4 is 21.7 Å². The normalized spacial score (nSPS) is 28.9. The molecule has 0 aromatic rings. The molecule has 0 aromatic heterocycles. The number of carbonyl (C=O) groups is 1. The molecule has 0 spiro atoms. The van der Waals surface area contributed by atoms with Gasteiger partial charge in [-0.2, -0.15) is 0 Å². The first-order valence-electron chi connectivity index (χ1n) is 8.71. The van der Waals surface area contributed by atoms with Crippen LogP contribution in [0.3, 0.4) is 0 Å². The molecule has 3 unspecified atom stereocenters. The van der Waals surface area contributed by atoms with E-state index in [0.29, 0.717) is 28.9 Å². The Morgan fingerprint density at radius 3 is 2.24 bits per heavy atom. The minimum absolute atomic E-state index is 0.247. The van der Waals surface area contributed by atoms with Crippen molar-refractivity contribution in [3.8, 4) is 0 Å². The Kier molecular flexibility index (Phi) is 8.85. The molecule has 2 heteroatoms. The van der Waals surface area contributed by atoms with Gasteiger partial charge in [-0.05, 0) is 43.9 Å². The minimum atomic E-state index is 0.247. The number of Topliss-reactive ketones (excluding diaryl/α,β-unsaturated/α-hetero) is 1. The van der Waals surface area contributed by atoms with E-state index in [-0.39, 0.29) is 5.92 Å². The first-order valence-corrected chi connectivity index (χ1v) is 9.83. The highest BCUT2D eigenvalue weighted by Gasteiger charge is 2.30. The zero-order valence-corrected chi connectivity index (χ0v) is 15.8. The van der Waals surface area contributed by atoms with Crippen LogP contribution in [0.15, 0.2) is 12.2 Å². The van der Waals surface area contributed by atoms with Gasteiger partial charge in [0, 0.05) is 5.92 Å². The highest BCUT2D eigenvalue weighted by Crippen LogP contribution is 2.37. The molecule has 0 saturated heterocycles. The summed E-state index contributed by atoms with van der Waals surface area (Å²) >= 11 is 3.38. The third-order valence-corrected chi connectivity index (χ3v) is 5.77. The monoisotopic (exact) mass is 356 g/mol. The van der Waals surface area contributed by atoms with Gasteiger partial charge in [-0.25, -0.2) is 0 Å². The molecule has 1 aliphatic rings. The van der Waals surface area contributed by atoms with Crippen LogP contribution in [0.5, 0.6) is 0 Å². The summed E-state index contributed by atoms with van der Waals surface area (Å²) in [5.74, 6) is 2.47. The van der Waals surface area contributed by atoms with Crippen LogP contribution in [0.4, 0.5) is 0 Å². The molecule has 0 aliphatic heterocycles. The molecule has 0 amide bonds. The molecule has 0 heterocycles. The molecule has 0 N–H and O–H groups in total. The summed E-state index contributed by atoms with van der Waals surface area (Å²) in [4.78, 5) is 12.3. The predicted octanol–water partition coefficient (Wildman–Crippen LogP) is 6.17. The van der Waals surface area contributed by atoms with E-state index in [1.54, 1.807) is 0 Å². The van der Waals surface area contributed by atoms with Gasteiger partial charge in [-0.1, -0.05) is 74.0 Å². The van der Waals surface area contributed by atoms with Gasteiger partial charge in [0.2, 0.25) is 0 Å². The van der Waals surface area contributed by atoms with Gasteiger partial charge >= 0.3 is 0 Å². The number of hydrogen-bond donors (Lipinski definition) is 0. The molecule has 1 saturated carbocycles. The lowest BCUT2D eigenvalue weighted by molar-refractivity contribution is -0.121. The van der Waals surface area contributed by atoms with E-state index in [1.165, 1.54) is 44.1 Å². The van der Waals surface area contributed by atoms with Gasteiger partial charge in [0.1, 0.15) is 5.78 Å². The number of alkyl halides is 1. The number of allylic oxidation sites excluding steroid dienone is 1. The highest BCUT2D eigenvalue weighted by molar-refractivity contribution is 9.09. The second kappa shape index (κ2) is 9.82. The van der Waals surface area contributed by atoms with Gasteiger partial charge in [-0.15, -0.1) is 0 Å². The van der Waals surface area contributed by atoms with E-state index < -0.39 is 0 Å². The van der Waals surface area contributed by atoms with Gasteiger partial charge < -0.3 is 0 Å². The molecule has 0 radical (unpaired) electrons. The fourth-order valence-corrected chi connectivity index (χ4v) is 4.32. The number of halogens is 1. The van der Waals surface area contributed by atoms with Crippen LogP contribution in [0.2, 0.25) is 0 Å². The summed E-state index contributed by atoms with van der Waals surface area (Å²) in [6.07, 6.45) is 9.87. The Bertz CT molecular complexity index is 334. The van der Waals surface area contributed by atoms with E-state index in [0.717, 1.165) is 12.8 Å². The lowest BCUT2D eigenvalue weighted by atomic mass is 9.72. The van der Waals surface area contributed by atoms with Gasteiger partial charge in [0.15, 0.2) is 0 Å². The highest BCUT2D eigenvalue weighted by atomic mass is 79.9. The maximum Gasteiger partial charge on any atom is 0.146 e. The molecule has 3 atom stereocenters. The van der Waals surface area contributed by atoms with Crippen molar-refractivity contribution in [3.63, 3.8) is 0 Å². The number of carbonyl (C=O) groups excluding carboxylic acids is 1. The van der Waals surface area contributed by atoms with Crippen LogP contribution in [0.1, 0.15) is 72.1 Å². The van der Waals surface area contributed by atoms with E-state index in [9.17, 15) is 4.79 Å². The SMILES string of the molecule is C=C(C)C1CCCCCCCC(C(=O)CBr)CC1C(C)C. The average Bonchev–Trinajstić information content (AvgIpc) is 2.48. The van der Waals surface area contributed by atoms with Crippen LogP contribution in [-0.4, -0.2) is 11.1 Å². The van der Waals surface area contributed by atoms with Crippen LogP contribution < -0.4 is 0 Å². The summed E-state index contributed by atoms with van der Waals surface area (Å²) in [6, 6.07) is 0. The first-order chi connectivity index (χ1) is 9.97. The molecular weight excluding hydrogens is 324 g/mol. The van der Waals surface area contributed by atoms with Crippen LogP contribution in [0.25, 0.3) is 0 Å². The van der Waals surface area contributed by atoms with Crippen LogP contribution >= 0.6 is 15.9 Å². The standard InChI is InChI=1S/C19H33BrO/c1-14(2)17-11-9-7-5-6-8-10-16(19(21)13-20)12-18(17)15(3)4/h15-18H,1,5-13H2,2-4H3. The van der Waals surface area contributed by atoms with Crippen molar-refractivity contribution in [2.45, 2.75) is 72.1 Å². The molecular formula is C19H33BrO. The predicted molar refractivity (Wildman–Crippen MR) is 95.9 cm³/mol. The number of rotatable bonds is 4. The molecule has 21 heavy (non-hydrogen) atoms. The summed E-state index contributed by atoms with van der Waals surface area (Å²) < 4.78 is 0. The smallest absolute Gasteiger partial charge is 0.146 e. The van der Waals surface area contributed by atoms with Crippen LogP contribution in [0, 0.1) is 23.7 Å². The third kappa shape index (κ3) is 6.26. The summed E-state index contributed by atoms with van der Waals surface area (Å²) in [5.41, 5.74) is 1.32. The Hall–Kier alpha value is -0.110. The minimum Gasteiger partial charge on any atom is -0.298 e. The zero-order chi connectivity index (χ0) is 15.8. The molecule has 0 aromatic carbocycles. The second-order valence-electron chi connectivity index (χ2n) is 7.24. The topological polar surface area (TPSA) is 17.1 Å². The summed E-state index contributed by atoms with van der Waals surface area (Å²) in [7, 11) is 0. The maximum absolute atomic E-state index is 12.3. The van der Waals surface area contributed by atoms with E-state index in [4.69, 9.17) is 0 Å². The fourth-order valence-electron chi connectivity index (χ4n) is 3.86. The first kappa shape index (κ1) is 18.9. The third-order valence-electron chi connectivity index (χ3n) is 5.22. The zero-order valence-electron chi connectivity index (χ0n) is 14.2.